The lowest BCUT2D eigenvalue weighted by Crippen LogP contribution is -2.55. The molecule has 2 amide bonds. The SMILES string of the molecule is CC(=O)N1CC[C@@H](NC(=O)c2ccc3nc(C(F)(F)F)[nH]c3c2)[C@H](O)C1. The van der Waals surface area contributed by atoms with Gasteiger partial charge in [-0.25, -0.2) is 4.98 Å². The maximum absolute atomic E-state index is 12.7. The largest absolute Gasteiger partial charge is 0.449 e. The van der Waals surface area contributed by atoms with Crippen molar-refractivity contribution in [1.29, 1.82) is 0 Å². The second-order valence-corrected chi connectivity index (χ2v) is 6.22. The Hall–Kier alpha value is -2.62. The summed E-state index contributed by atoms with van der Waals surface area (Å²) in [6.45, 7) is 1.93. The van der Waals surface area contributed by atoms with Crippen molar-refractivity contribution in [1.82, 2.24) is 20.2 Å². The maximum atomic E-state index is 12.7. The van der Waals surface area contributed by atoms with E-state index in [1.54, 1.807) is 0 Å². The number of imidazole rings is 1. The van der Waals surface area contributed by atoms with Crippen LogP contribution in [0.3, 0.4) is 0 Å². The number of carbonyl (C=O) groups excluding carboxylic acids is 2. The molecule has 2 heterocycles. The lowest BCUT2D eigenvalue weighted by atomic mass is 10.0. The van der Waals surface area contributed by atoms with Gasteiger partial charge in [0.15, 0.2) is 0 Å². The molecule has 1 aliphatic heterocycles. The highest BCUT2D eigenvalue weighted by molar-refractivity contribution is 5.97. The van der Waals surface area contributed by atoms with Gasteiger partial charge in [-0.15, -0.1) is 0 Å². The minimum absolute atomic E-state index is 0.0944. The van der Waals surface area contributed by atoms with Crippen LogP contribution in [-0.4, -0.2) is 57.0 Å². The zero-order valence-corrected chi connectivity index (χ0v) is 13.8. The summed E-state index contributed by atoms with van der Waals surface area (Å²) < 4.78 is 38.1. The molecule has 0 saturated carbocycles. The lowest BCUT2D eigenvalue weighted by Gasteiger charge is -2.35. The van der Waals surface area contributed by atoms with E-state index in [9.17, 15) is 27.9 Å². The van der Waals surface area contributed by atoms with Crippen LogP contribution in [0.15, 0.2) is 18.2 Å². The topological polar surface area (TPSA) is 98.3 Å². The van der Waals surface area contributed by atoms with Gasteiger partial charge in [0.25, 0.3) is 5.91 Å². The van der Waals surface area contributed by atoms with Crippen LogP contribution in [0.25, 0.3) is 11.0 Å². The summed E-state index contributed by atoms with van der Waals surface area (Å²) in [5.74, 6) is -1.80. The predicted octanol–water partition coefficient (Wildman–Crippen LogP) is 1.29. The molecule has 1 aromatic carbocycles. The number of aromatic amines is 1. The fourth-order valence-corrected chi connectivity index (χ4v) is 2.92. The van der Waals surface area contributed by atoms with Gasteiger partial charge < -0.3 is 20.3 Å². The molecule has 1 fully saturated rings. The van der Waals surface area contributed by atoms with Crippen molar-refractivity contribution in [2.24, 2.45) is 0 Å². The average Bonchev–Trinajstić information content (AvgIpc) is 3.00. The van der Waals surface area contributed by atoms with Crippen LogP contribution in [0.5, 0.6) is 0 Å². The van der Waals surface area contributed by atoms with E-state index in [4.69, 9.17) is 0 Å². The number of hydrogen-bond acceptors (Lipinski definition) is 4. The highest BCUT2D eigenvalue weighted by atomic mass is 19.4. The van der Waals surface area contributed by atoms with Gasteiger partial charge in [0.2, 0.25) is 11.7 Å². The molecule has 1 aromatic heterocycles. The first-order chi connectivity index (χ1) is 12.1. The normalized spacial score (nSPS) is 21.0. The predicted molar refractivity (Wildman–Crippen MR) is 85.2 cm³/mol. The van der Waals surface area contributed by atoms with Gasteiger partial charge in [-0.3, -0.25) is 9.59 Å². The van der Waals surface area contributed by atoms with Crippen LogP contribution < -0.4 is 5.32 Å². The molecule has 10 heteroatoms. The average molecular weight is 370 g/mol. The van der Waals surface area contributed by atoms with Crippen molar-refractivity contribution >= 4 is 22.8 Å². The third-order valence-corrected chi connectivity index (χ3v) is 4.36. The van der Waals surface area contributed by atoms with Gasteiger partial charge in [-0.05, 0) is 24.6 Å². The molecule has 0 aliphatic carbocycles. The summed E-state index contributed by atoms with van der Waals surface area (Å²) in [6, 6.07) is 3.44. The number of piperidine rings is 1. The van der Waals surface area contributed by atoms with Crippen molar-refractivity contribution in [3.63, 3.8) is 0 Å². The number of aliphatic hydroxyl groups excluding tert-OH is 1. The lowest BCUT2D eigenvalue weighted by molar-refractivity contribution is -0.144. The summed E-state index contributed by atoms with van der Waals surface area (Å²) in [6.07, 6.45) is -5.13. The molecule has 0 bridgehead atoms. The number of aromatic nitrogens is 2. The van der Waals surface area contributed by atoms with Crippen LogP contribution in [0.2, 0.25) is 0 Å². The fraction of sp³-hybridized carbons (Fsp3) is 0.438. The summed E-state index contributed by atoms with van der Waals surface area (Å²) in [4.78, 5) is 30.8. The molecule has 0 radical (unpaired) electrons. The van der Waals surface area contributed by atoms with Crippen molar-refractivity contribution in [3.8, 4) is 0 Å². The Kier molecular flexibility index (Phi) is 4.61. The van der Waals surface area contributed by atoms with Crippen molar-refractivity contribution in [2.75, 3.05) is 13.1 Å². The summed E-state index contributed by atoms with van der Waals surface area (Å²) in [5.41, 5.74) is 0.344. The van der Waals surface area contributed by atoms with Gasteiger partial charge >= 0.3 is 6.18 Å². The van der Waals surface area contributed by atoms with E-state index in [1.165, 1.54) is 30.0 Å². The smallest absolute Gasteiger partial charge is 0.389 e. The first-order valence-corrected chi connectivity index (χ1v) is 7.96. The number of nitrogens with one attached hydrogen (secondary N) is 2. The van der Waals surface area contributed by atoms with E-state index in [1.807, 2.05) is 0 Å². The van der Waals surface area contributed by atoms with Crippen LogP contribution >= 0.6 is 0 Å². The van der Waals surface area contributed by atoms with Crippen LogP contribution in [0.1, 0.15) is 29.5 Å². The number of fused-ring (bicyclic) bond motifs is 1. The second kappa shape index (κ2) is 6.60. The van der Waals surface area contributed by atoms with E-state index >= 15 is 0 Å². The molecule has 140 valence electrons. The Bertz CT molecular complexity index is 849. The second-order valence-electron chi connectivity index (χ2n) is 6.22. The molecule has 7 nitrogen and oxygen atoms in total. The number of benzene rings is 1. The van der Waals surface area contributed by atoms with Gasteiger partial charge in [0, 0.05) is 25.6 Å². The van der Waals surface area contributed by atoms with Gasteiger partial charge in [-0.1, -0.05) is 0 Å². The Morgan fingerprint density at radius 1 is 1.38 bits per heavy atom. The van der Waals surface area contributed by atoms with Crippen molar-refractivity contribution in [3.05, 3.63) is 29.6 Å². The number of amides is 2. The molecule has 2 atom stereocenters. The standard InChI is InChI=1S/C16H17F3N4O3/c1-8(24)23-5-4-11(13(25)7-23)20-14(26)9-2-3-10-12(6-9)22-15(21-10)16(17,18)19/h2-3,6,11,13,25H,4-5,7H2,1H3,(H,20,26)(H,21,22)/t11-,13-/m1/s1. The monoisotopic (exact) mass is 370 g/mol. The Labute approximate surface area is 146 Å². The van der Waals surface area contributed by atoms with Crippen molar-refractivity contribution in [2.45, 2.75) is 31.7 Å². The number of aliphatic hydroxyl groups is 1. The van der Waals surface area contributed by atoms with E-state index in [-0.39, 0.29) is 29.0 Å². The number of H-pyrrole nitrogens is 1. The molecular formula is C16H17F3N4O3. The summed E-state index contributed by atoms with van der Waals surface area (Å²) >= 11 is 0. The summed E-state index contributed by atoms with van der Waals surface area (Å²) in [7, 11) is 0. The maximum Gasteiger partial charge on any atom is 0.449 e. The van der Waals surface area contributed by atoms with Gasteiger partial charge in [-0.2, -0.15) is 13.2 Å². The number of nitrogens with zero attached hydrogens (tertiary/aromatic N) is 2. The molecule has 26 heavy (non-hydrogen) atoms. The van der Waals surface area contributed by atoms with E-state index in [2.05, 4.69) is 15.3 Å². The summed E-state index contributed by atoms with van der Waals surface area (Å²) in [5, 5.41) is 12.8. The first kappa shape index (κ1) is 18.2. The number of rotatable bonds is 2. The van der Waals surface area contributed by atoms with Crippen LogP contribution in [0, 0.1) is 0 Å². The first-order valence-electron chi connectivity index (χ1n) is 7.96. The Balaban J connectivity index is 1.73. The molecule has 0 unspecified atom stereocenters. The molecule has 1 saturated heterocycles. The van der Waals surface area contributed by atoms with Gasteiger partial charge in [0.1, 0.15) is 0 Å². The minimum Gasteiger partial charge on any atom is -0.389 e. The number of carbonyl (C=O) groups is 2. The number of β-amino-alcohol motifs (C(OH)–C–C–N with tert-alkyl or cyclic N) is 1. The number of likely N-dealkylation sites (tertiary alicyclic amines) is 1. The Morgan fingerprint density at radius 2 is 2.12 bits per heavy atom. The molecule has 2 aromatic rings. The highest BCUT2D eigenvalue weighted by Gasteiger charge is 2.35. The third-order valence-electron chi connectivity index (χ3n) is 4.36. The zero-order valence-electron chi connectivity index (χ0n) is 13.8. The molecule has 0 spiro atoms. The molecule has 1 aliphatic rings. The van der Waals surface area contributed by atoms with E-state index < -0.39 is 30.1 Å². The van der Waals surface area contributed by atoms with E-state index in [0.717, 1.165) is 0 Å². The third kappa shape index (κ3) is 3.64. The number of alkyl halides is 3. The van der Waals surface area contributed by atoms with Crippen molar-refractivity contribution < 1.29 is 27.9 Å². The quantitative estimate of drug-likeness (QED) is 0.742. The van der Waals surface area contributed by atoms with Gasteiger partial charge in [0.05, 0.1) is 23.2 Å². The number of halogens is 3. The molecule has 3 rings (SSSR count). The van der Waals surface area contributed by atoms with E-state index in [0.29, 0.717) is 13.0 Å². The molecular weight excluding hydrogens is 353 g/mol. The Morgan fingerprint density at radius 3 is 2.73 bits per heavy atom. The van der Waals surface area contributed by atoms with Crippen LogP contribution in [-0.2, 0) is 11.0 Å². The number of hydrogen-bond donors (Lipinski definition) is 3. The fourth-order valence-electron chi connectivity index (χ4n) is 2.92. The zero-order chi connectivity index (χ0) is 19.1. The highest BCUT2D eigenvalue weighted by Crippen LogP contribution is 2.28. The molecule has 3 N–H and O–H groups in total. The minimum atomic E-state index is -4.60. The van der Waals surface area contributed by atoms with Crippen LogP contribution in [0.4, 0.5) is 13.2 Å².